The lowest BCUT2D eigenvalue weighted by Crippen LogP contribution is -2.34. The molecule has 0 spiro atoms. The summed E-state index contributed by atoms with van der Waals surface area (Å²) < 4.78 is 1.54. The SMILES string of the molecule is CCn1ccnc(NCC(C)(O)c2ccccc2Cl)c1=O. The highest BCUT2D eigenvalue weighted by Gasteiger charge is 2.25. The summed E-state index contributed by atoms with van der Waals surface area (Å²) in [6, 6.07) is 7.08. The van der Waals surface area contributed by atoms with Gasteiger partial charge in [0.05, 0.1) is 0 Å². The van der Waals surface area contributed by atoms with Crippen molar-refractivity contribution < 1.29 is 5.11 Å². The van der Waals surface area contributed by atoms with Crippen LogP contribution in [-0.4, -0.2) is 21.2 Å². The number of hydrogen-bond acceptors (Lipinski definition) is 4. The molecule has 1 aromatic heterocycles. The fraction of sp³-hybridized carbons (Fsp3) is 0.333. The Hall–Kier alpha value is -1.85. The number of benzene rings is 1. The quantitative estimate of drug-likeness (QED) is 0.889. The Morgan fingerprint density at radius 1 is 1.43 bits per heavy atom. The van der Waals surface area contributed by atoms with Gasteiger partial charge in [0.15, 0.2) is 5.82 Å². The molecule has 6 heteroatoms. The lowest BCUT2D eigenvalue weighted by atomic mass is 9.96. The third-order valence-electron chi connectivity index (χ3n) is 3.31. The molecule has 21 heavy (non-hydrogen) atoms. The van der Waals surface area contributed by atoms with Gasteiger partial charge in [0.1, 0.15) is 5.60 Å². The summed E-state index contributed by atoms with van der Waals surface area (Å²) >= 11 is 6.10. The topological polar surface area (TPSA) is 67.2 Å². The van der Waals surface area contributed by atoms with Crippen molar-refractivity contribution in [3.05, 3.63) is 57.6 Å². The summed E-state index contributed by atoms with van der Waals surface area (Å²) in [4.78, 5) is 16.1. The van der Waals surface area contributed by atoms with Gasteiger partial charge in [-0.3, -0.25) is 4.79 Å². The zero-order valence-corrected chi connectivity index (χ0v) is 12.8. The molecular weight excluding hydrogens is 290 g/mol. The van der Waals surface area contributed by atoms with Crippen molar-refractivity contribution in [2.24, 2.45) is 0 Å². The first-order chi connectivity index (χ1) is 9.95. The van der Waals surface area contributed by atoms with Gasteiger partial charge < -0.3 is 15.0 Å². The molecule has 1 aromatic carbocycles. The molecule has 1 unspecified atom stereocenters. The summed E-state index contributed by atoms with van der Waals surface area (Å²) in [6.07, 6.45) is 3.18. The second-order valence-corrected chi connectivity index (χ2v) is 5.38. The average molecular weight is 308 g/mol. The van der Waals surface area contributed by atoms with E-state index in [-0.39, 0.29) is 17.9 Å². The maximum atomic E-state index is 12.1. The molecule has 0 amide bonds. The van der Waals surface area contributed by atoms with Crippen molar-refractivity contribution in [1.82, 2.24) is 9.55 Å². The Balaban J connectivity index is 2.20. The fourth-order valence-corrected chi connectivity index (χ4v) is 2.41. The number of aryl methyl sites for hydroxylation is 1. The third-order valence-corrected chi connectivity index (χ3v) is 3.64. The predicted molar refractivity (Wildman–Crippen MR) is 83.7 cm³/mol. The molecule has 0 aliphatic carbocycles. The molecule has 0 aliphatic rings. The zero-order valence-electron chi connectivity index (χ0n) is 12.0. The maximum Gasteiger partial charge on any atom is 0.293 e. The first-order valence-corrected chi connectivity index (χ1v) is 7.10. The number of nitrogens with zero attached hydrogens (tertiary/aromatic N) is 2. The van der Waals surface area contributed by atoms with Crippen LogP contribution in [0, 0.1) is 0 Å². The largest absolute Gasteiger partial charge is 0.384 e. The Labute approximate surface area is 128 Å². The van der Waals surface area contributed by atoms with Gasteiger partial charge in [-0.15, -0.1) is 0 Å². The van der Waals surface area contributed by atoms with E-state index >= 15 is 0 Å². The smallest absolute Gasteiger partial charge is 0.293 e. The summed E-state index contributed by atoms with van der Waals surface area (Å²) in [5.74, 6) is 0.215. The number of halogens is 1. The van der Waals surface area contributed by atoms with Crippen LogP contribution in [0.2, 0.25) is 5.02 Å². The molecule has 2 rings (SSSR count). The van der Waals surface area contributed by atoms with Gasteiger partial charge in [-0.05, 0) is 19.9 Å². The van der Waals surface area contributed by atoms with Crippen LogP contribution in [0.15, 0.2) is 41.5 Å². The van der Waals surface area contributed by atoms with E-state index in [0.717, 1.165) is 0 Å². The van der Waals surface area contributed by atoms with E-state index in [2.05, 4.69) is 10.3 Å². The summed E-state index contributed by atoms with van der Waals surface area (Å²) in [7, 11) is 0. The van der Waals surface area contributed by atoms with Crippen molar-refractivity contribution in [3.8, 4) is 0 Å². The average Bonchev–Trinajstić information content (AvgIpc) is 2.46. The highest BCUT2D eigenvalue weighted by atomic mass is 35.5. The van der Waals surface area contributed by atoms with E-state index in [0.29, 0.717) is 17.1 Å². The fourth-order valence-electron chi connectivity index (χ4n) is 2.07. The van der Waals surface area contributed by atoms with Crippen LogP contribution in [0.5, 0.6) is 0 Å². The van der Waals surface area contributed by atoms with E-state index in [1.807, 2.05) is 6.92 Å². The minimum Gasteiger partial charge on any atom is -0.384 e. The van der Waals surface area contributed by atoms with Gasteiger partial charge in [0.25, 0.3) is 5.56 Å². The number of anilines is 1. The Morgan fingerprint density at radius 3 is 2.81 bits per heavy atom. The van der Waals surface area contributed by atoms with Crippen LogP contribution in [0.25, 0.3) is 0 Å². The van der Waals surface area contributed by atoms with Crippen LogP contribution in [0.1, 0.15) is 19.4 Å². The van der Waals surface area contributed by atoms with Gasteiger partial charge >= 0.3 is 0 Å². The van der Waals surface area contributed by atoms with Gasteiger partial charge in [-0.25, -0.2) is 4.98 Å². The van der Waals surface area contributed by atoms with Crippen molar-refractivity contribution in [1.29, 1.82) is 0 Å². The van der Waals surface area contributed by atoms with Crippen molar-refractivity contribution in [2.75, 3.05) is 11.9 Å². The van der Waals surface area contributed by atoms with Crippen LogP contribution >= 0.6 is 11.6 Å². The second-order valence-electron chi connectivity index (χ2n) is 4.97. The number of hydrogen-bond donors (Lipinski definition) is 2. The van der Waals surface area contributed by atoms with Gasteiger partial charge in [-0.1, -0.05) is 29.8 Å². The van der Waals surface area contributed by atoms with Gasteiger partial charge in [-0.2, -0.15) is 0 Å². The number of nitrogens with one attached hydrogen (secondary N) is 1. The molecule has 2 N–H and O–H groups in total. The highest BCUT2D eigenvalue weighted by Crippen LogP contribution is 2.27. The van der Waals surface area contributed by atoms with Gasteiger partial charge in [0.2, 0.25) is 0 Å². The molecule has 0 aliphatic heterocycles. The second kappa shape index (κ2) is 6.28. The highest BCUT2D eigenvalue weighted by molar-refractivity contribution is 6.31. The normalized spacial score (nSPS) is 13.7. The molecule has 2 aromatic rings. The number of rotatable bonds is 5. The Morgan fingerprint density at radius 2 is 2.14 bits per heavy atom. The minimum absolute atomic E-state index is 0.132. The summed E-state index contributed by atoms with van der Waals surface area (Å²) in [5, 5.41) is 13.9. The maximum absolute atomic E-state index is 12.1. The van der Waals surface area contributed by atoms with Crippen LogP contribution < -0.4 is 10.9 Å². The molecule has 0 saturated carbocycles. The Bertz CT molecular complexity index is 683. The Kier molecular flexibility index (Phi) is 4.65. The molecule has 0 fully saturated rings. The molecule has 0 bridgehead atoms. The number of aromatic nitrogens is 2. The minimum atomic E-state index is -1.21. The zero-order chi connectivity index (χ0) is 15.5. The van der Waals surface area contributed by atoms with E-state index in [4.69, 9.17) is 11.6 Å². The monoisotopic (exact) mass is 307 g/mol. The molecule has 1 atom stereocenters. The van der Waals surface area contributed by atoms with E-state index in [1.165, 1.54) is 0 Å². The molecule has 0 radical (unpaired) electrons. The molecule has 1 heterocycles. The third kappa shape index (κ3) is 3.43. The van der Waals surface area contributed by atoms with Crippen LogP contribution in [-0.2, 0) is 12.1 Å². The lowest BCUT2D eigenvalue weighted by Gasteiger charge is -2.25. The summed E-state index contributed by atoms with van der Waals surface area (Å²) in [5.41, 5.74) is -0.819. The summed E-state index contributed by atoms with van der Waals surface area (Å²) in [6.45, 7) is 4.22. The first kappa shape index (κ1) is 15.5. The van der Waals surface area contributed by atoms with E-state index in [9.17, 15) is 9.90 Å². The van der Waals surface area contributed by atoms with E-state index in [1.54, 1.807) is 48.1 Å². The van der Waals surface area contributed by atoms with Gasteiger partial charge in [0, 0.05) is 36.1 Å². The molecule has 0 saturated heterocycles. The van der Waals surface area contributed by atoms with Crippen molar-refractivity contribution >= 4 is 17.4 Å². The lowest BCUT2D eigenvalue weighted by molar-refractivity contribution is 0.0715. The molecular formula is C15H18ClN3O2. The predicted octanol–water partition coefficient (Wildman–Crippen LogP) is 2.24. The van der Waals surface area contributed by atoms with Crippen molar-refractivity contribution in [3.63, 3.8) is 0 Å². The van der Waals surface area contributed by atoms with E-state index < -0.39 is 5.60 Å². The molecule has 5 nitrogen and oxygen atoms in total. The number of aliphatic hydroxyl groups is 1. The van der Waals surface area contributed by atoms with Crippen LogP contribution in [0.3, 0.4) is 0 Å². The standard InChI is InChI=1S/C15H18ClN3O2/c1-3-19-9-8-17-13(14(19)20)18-10-15(2,21)11-6-4-5-7-12(11)16/h4-9,21H,3,10H2,1-2H3,(H,17,18). The van der Waals surface area contributed by atoms with Crippen LogP contribution in [0.4, 0.5) is 5.82 Å². The van der Waals surface area contributed by atoms with Crippen molar-refractivity contribution in [2.45, 2.75) is 26.0 Å². The first-order valence-electron chi connectivity index (χ1n) is 6.72. The molecule has 112 valence electrons.